The van der Waals surface area contributed by atoms with Crippen molar-refractivity contribution in [2.45, 2.75) is 11.8 Å². The average Bonchev–Trinajstić information content (AvgIpc) is 2.48. The number of thioether (sulfide) groups is 1. The number of benzene rings is 1. The van der Waals surface area contributed by atoms with E-state index in [1.165, 1.54) is 12.2 Å². The first-order valence-electron chi connectivity index (χ1n) is 6.18. The maximum Gasteiger partial charge on any atom is 0.331 e. The van der Waals surface area contributed by atoms with Crippen LogP contribution in [0.25, 0.3) is 0 Å². The highest BCUT2D eigenvalue weighted by atomic mass is 79.9. The van der Waals surface area contributed by atoms with Gasteiger partial charge in [0.25, 0.3) is 5.91 Å². The van der Waals surface area contributed by atoms with Crippen molar-refractivity contribution < 1.29 is 14.3 Å². The number of halogens is 1. The number of carbonyl (C=O) groups excluding carboxylic acids is 2. The van der Waals surface area contributed by atoms with Gasteiger partial charge in [0.15, 0.2) is 6.61 Å². The van der Waals surface area contributed by atoms with Gasteiger partial charge in [0, 0.05) is 15.4 Å². The second kappa shape index (κ2) is 9.82. The third kappa shape index (κ3) is 6.61. The zero-order valence-corrected chi connectivity index (χ0v) is 14.1. The summed E-state index contributed by atoms with van der Waals surface area (Å²) in [4.78, 5) is 23.8. The number of nitrogens with zero attached hydrogens (tertiary/aromatic N) is 1. The van der Waals surface area contributed by atoms with Crippen LogP contribution in [0.1, 0.15) is 6.92 Å². The molecule has 0 aliphatic heterocycles. The molecular formula is C15H13BrN2O3S. The maximum atomic E-state index is 11.7. The Hall–Kier alpha value is -2.04. The van der Waals surface area contributed by atoms with Crippen molar-refractivity contribution in [3.8, 4) is 5.40 Å². The molecule has 1 aromatic rings. The summed E-state index contributed by atoms with van der Waals surface area (Å²) in [5.41, 5.74) is 0.535. The zero-order chi connectivity index (χ0) is 16.4. The Morgan fingerprint density at radius 2 is 2.23 bits per heavy atom. The highest BCUT2D eigenvalue weighted by Crippen LogP contribution is 2.28. The number of carbonyl (C=O) groups is 2. The van der Waals surface area contributed by atoms with Crippen LogP contribution in [-0.2, 0) is 14.3 Å². The van der Waals surface area contributed by atoms with Crippen molar-refractivity contribution >= 4 is 45.3 Å². The van der Waals surface area contributed by atoms with Crippen molar-refractivity contribution in [3.63, 3.8) is 0 Å². The van der Waals surface area contributed by atoms with E-state index in [0.717, 1.165) is 16.7 Å². The molecule has 0 fully saturated rings. The van der Waals surface area contributed by atoms with Gasteiger partial charge in [-0.2, -0.15) is 5.26 Å². The van der Waals surface area contributed by atoms with Crippen LogP contribution in [0.3, 0.4) is 0 Å². The number of rotatable bonds is 6. The van der Waals surface area contributed by atoms with Crippen molar-refractivity contribution in [1.29, 1.82) is 5.26 Å². The van der Waals surface area contributed by atoms with E-state index in [2.05, 4.69) is 21.2 Å². The molecule has 0 radical (unpaired) electrons. The molecule has 0 heterocycles. The average molecular weight is 381 g/mol. The van der Waals surface area contributed by atoms with E-state index in [-0.39, 0.29) is 6.61 Å². The van der Waals surface area contributed by atoms with E-state index in [0.29, 0.717) is 10.2 Å². The van der Waals surface area contributed by atoms with Crippen LogP contribution in [-0.4, -0.2) is 18.5 Å². The molecule has 114 valence electrons. The summed E-state index contributed by atoms with van der Waals surface area (Å²) in [6, 6.07) is 5.09. The van der Waals surface area contributed by atoms with Crippen LogP contribution >= 0.6 is 27.7 Å². The summed E-state index contributed by atoms with van der Waals surface area (Å²) in [7, 11) is 0. The van der Waals surface area contributed by atoms with Gasteiger partial charge in [0.2, 0.25) is 0 Å². The molecule has 0 bridgehead atoms. The Balaban J connectivity index is 2.52. The Bertz CT molecular complexity index is 651. The summed E-state index contributed by atoms with van der Waals surface area (Å²) in [5, 5.41) is 13.2. The zero-order valence-electron chi connectivity index (χ0n) is 11.7. The lowest BCUT2D eigenvalue weighted by atomic mass is 10.3. The van der Waals surface area contributed by atoms with Gasteiger partial charge in [0.1, 0.15) is 5.40 Å². The van der Waals surface area contributed by atoms with Crippen molar-refractivity contribution in [3.05, 3.63) is 47.0 Å². The molecule has 1 rings (SSSR count). The fraction of sp³-hybridized carbons (Fsp3) is 0.133. The molecule has 1 N–H and O–H groups in total. The quantitative estimate of drug-likeness (QED) is 0.268. The van der Waals surface area contributed by atoms with Crippen LogP contribution in [0.5, 0.6) is 0 Å². The highest BCUT2D eigenvalue weighted by molar-refractivity contribution is 9.10. The number of thiocyanates is 1. The molecule has 0 aromatic heterocycles. The summed E-state index contributed by atoms with van der Waals surface area (Å²) < 4.78 is 5.43. The Morgan fingerprint density at radius 1 is 1.45 bits per heavy atom. The normalized spacial score (nSPS) is 10.6. The number of hydrogen-bond donors (Lipinski definition) is 1. The minimum atomic E-state index is -0.590. The molecule has 1 aromatic carbocycles. The lowest BCUT2D eigenvalue weighted by Gasteiger charge is -2.08. The number of hydrogen-bond acceptors (Lipinski definition) is 5. The number of esters is 1. The molecule has 5 nitrogen and oxygen atoms in total. The van der Waals surface area contributed by atoms with E-state index < -0.39 is 11.9 Å². The number of nitriles is 1. The largest absolute Gasteiger partial charge is 0.452 e. The molecule has 0 saturated heterocycles. The van der Waals surface area contributed by atoms with Gasteiger partial charge < -0.3 is 10.1 Å². The molecule has 0 saturated carbocycles. The van der Waals surface area contributed by atoms with Crippen molar-refractivity contribution in [2.75, 3.05) is 11.9 Å². The Labute approximate surface area is 141 Å². The predicted octanol–water partition coefficient (Wildman–Crippen LogP) is 3.64. The molecule has 22 heavy (non-hydrogen) atoms. The van der Waals surface area contributed by atoms with Crippen LogP contribution < -0.4 is 5.32 Å². The second-order valence-electron chi connectivity index (χ2n) is 3.88. The van der Waals surface area contributed by atoms with Gasteiger partial charge in [-0.25, -0.2) is 4.79 Å². The summed E-state index contributed by atoms with van der Waals surface area (Å²) in [6.45, 7) is 1.45. The minimum Gasteiger partial charge on any atom is -0.452 e. The van der Waals surface area contributed by atoms with Gasteiger partial charge in [0.05, 0.1) is 5.69 Å². The van der Waals surface area contributed by atoms with E-state index in [1.807, 2.05) is 12.3 Å². The van der Waals surface area contributed by atoms with Crippen molar-refractivity contribution in [2.24, 2.45) is 0 Å². The lowest BCUT2D eigenvalue weighted by Crippen LogP contribution is -2.20. The van der Waals surface area contributed by atoms with Gasteiger partial charge in [-0.05, 0) is 52.8 Å². The van der Waals surface area contributed by atoms with Gasteiger partial charge in [-0.3, -0.25) is 4.79 Å². The number of nitrogens with one attached hydrogen (secondary N) is 1. The Kier molecular flexibility index (Phi) is 8.04. The van der Waals surface area contributed by atoms with E-state index in [4.69, 9.17) is 10.00 Å². The molecule has 0 aliphatic carbocycles. The molecular weight excluding hydrogens is 368 g/mol. The van der Waals surface area contributed by atoms with Crippen LogP contribution in [0.15, 0.2) is 51.9 Å². The molecule has 7 heteroatoms. The van der Waals surface area contributed by atoms with E-state index in [9.17, 15) is 9.59 Å². The summed E-state index contributed by atoms with van der Waals surface area (Å²) >= 11 is 4.32. The van der Waals surface area contributed by atoms with Crippen LogP contribution in [0.2, 0.25) is 0 Å². The highest BCUT2D eigenvalue weighted by Gasteiger charge is 2.08. The van der Waals surface area contributed by atoms with E-state index in [1.54, 1.807) is 30.4 Å². The molecule has 0 unspecified atom stereocenters. The van der Waals surface area contributed by atoms with Crippen LogP contribution in [0, 0.1) is 10.7 Å². The molecule has 0 aliphatic rings. The third-order valence-electron chi connectivity index (χ3n) is 2.26. The van der Waals surface area contributed by atoms with Gasteiger partial charge >= 0.3 is 5.97 Å². The van der Waals surface area contributed by atoms with Gasteiger partial charge in [-0.15, -0.1) is 0 Å². The number of allylic oxidation sites excluding steroid dienone is 3. The maximum absolute atomic E-state index is 11.7. The molecule has 0 spiro atoms. The number of anilines is 1. The predicted molar refractivity (Wildman–Crippen MR) is 89.2 cm³/mol. The first-order valence-corrected chi connectivity index (χ1v) is 7.79. The summed E-state index contributed by atoms with van der Waals surface area (Å²) in [5.74, 6) is -1.04. The minimum absolute atomic E-state index is 0.375. The standard InChI is InChI=1S/C15H13BrN2O3S/c1-2-3-4-5-15(20)21-9-14(19)18-13-7-6-11(22-10-17)8-12(13)16/h2-8H,9H2,1H3,(H,18,19)/b3-2+,5-4+. The van der Waals surface area contributed by atoms with Crippen molar-refractivity contribution in [1.82, 2.24) is 0 Å². The lowest BCUT2D eigenvalue weighted by molar-refractivity contribution is -0.142. The topological polar surface area (TPSA) is 79.2 Å². The number of amides is 1. The van der Waals surface area contributed by atoms with Crippen LogP contribution in [0.4, 0.5) is 5.69 Å². The third-order valence-corrected chi connectivity index (χ3v) is 3.50. The fourth-order valence-electron chi connectivity index (χ4n) is 1.33. The van der Waals surface area contributed by atoms with E-state index >= 15 is 0 Å². The smallest absolute Gasteiger partial charge is 0.331 e. The SMILES string of the molecule is C/C=C/C=C/C(=O)OCC(=O)Nc1ccc(SC#N)cc1Br. The number of ether oxygens (including phenoxy) is 1. The molecule has 1 amide bonds. The summed E-state index contributed by atoms with van der Waals surface area (Å²) in [6.07, 6.45) is 6.21. The fourth-order valence-corrected chi connectivity index (χ4v) is 2.38. The van der Waals surface area contributed by atoms with Gasteiger partial charge in [-0.1, -0.05) is 18.2 Å². The monoisotopic (exact) mass is 380 g/mol. The Morgan fingerprint density at radius 3 is 2.86 bits per heavy atom. The molecule has 0 atom stereocenters. The first kappa shape index (κ1) is 18.0. The first-order chi connectivity index (χ1) is 10.6. The second-order valence-corrected chi connectivity index (χ2v) is 5.59.